The predicted molar refractivity (Wildman–Crippen MR) is 46.8 cm³/mol. The topological polar surface area (TPSA) is 26.0 Å². The molecular weight excluding hydrogens is 122 g/mol. The van der Waals surface area contributed by atoms with Gasteiger partial charge in [0.05, 0.1) is 0 Å². The van der Waals surface area contributed by atoms with Crippen LogP contribution in [-0.2, 0) is 0 Å². The Labute approximate surface area is 63.6 Å². The minimum Gasteiger partial charge on any atom is -0.330 e. The Bertz CT molecular complexity index is 121. The van der Waals surface area contributed by atoms with Gasteiger partial charge in [0.2, 0.25) is 0 Å². The molecule has 0 aliphatic carbocycles. The molecule has 0 bridgehead atoms. The monoisotopic (exact) mass is 139 g/mol. The van der Waals surface area contributed by atoms with Gasteiger partial charge in [-0.25, -0.2) is 0 Å². The number of nitrogens with two attached hydrogens (primary N) is 1. The van der Waals surface area contributed by atoms with Gasteiger partial charge < -0.3 is 5.73 Å². The van der Waals surface area contributed by atoms with Crippen molar-refractivity contribution in [2.45, 2.75) is 20.3 Å². The lowest BCUT2D eigenvalue weighted by Gasteiger charge is -2.03. The van der Waals surface area contributed by atoms with Crippen LogP contribution in [0.4, 0.5) is 0 Å². The highest BCUT2D eigenvalue weighted by molar-refractivity contribution is 5.11. The lowest BCUT2D eigenvalue weighted by atomic mass is 10.1. The zero-order valence-electron chi connectivity index (χ0n) is 6.93. The SMILES string of the molecule is C=C(C)/C=C\C(CC)CN. The van der Waals surface area contributed by atoms with E-state index in [-0.39, 0.29) is 0 Å². The van der Waals surface area contributed by atoms with Gasteiger partial charge >= 0.3 is 0 Å². The van der Waals surface area contributed by atoms with Crippen molar-refractivity contribution in [2.75, 3.05) is 6.54 Å². The summed E-state index contributed by atoms with van der Waals surface area (Å²) in [5.74, 6) is 0.525. The largest absolute Gasteiger partial charge is 0.330 e. The Balaban J connectivity index is 3.72. The zero-order chi connectivity index (χ0) is 7.98. The van der Waals surface area contributed by atoms with E-state index in [0.717, 1.165) is 18.5 Å². The first-order valence-corrected chi connectivity index (χ1v) is 3.74. The summed E-state index contributed by atoms with van der Waals surface area (Å²) in [4.78, 5) is 0. The molecule has 0 rings (SSSR count). The van der Waals surface area contributed by atoms with Gasteiger partial charge in [-0.2, -0.15) is 0 Å². The van der Waals surface area contributed by atoms with Crippen LogP contribution in [0.2, 0.25) is 0 Å². The molecule has 58 valence electrons. The second kappa shape index (κ2) is 5.24. The summed E-state index contributed by atoms with van der Waals surface area (Å²) in [7, 11) is 0. The number of rotatable bonds is 4. The molecule has 0 amide bonds. The van der Waals surface area contributed by atoms with Gasteiger partial charge in [-0.15, -0.1) is 0 Å². The second-order valence-electron chi connectivity index (χ2n) is 2.61. The quantitative estimate of drug-likeness (QED) is 0.593. The van der Waals surface area contributed by atoms with Gasteiger partial charge in [-0.3, -0.25) is 0 Å². The predicted octanol–water partition coefficient (Wildman–Crippen LogP) is 2.10. The van der Waals surface area contributed by atoms with E-state index in [1.165, 1.54) is 0 Å². The molecule has 0 heterocycles. The summed E-state index contributed by atoms with van der Waals surface area (Å²) >= 11 is 0. The Morgan fingerprint density at radius 1 is 1.70 bits per heavy atom. The van der Waals surface area contributed by atoms with Crippen LogP contribution in [0.1, 0.15) is 20.3 Å². The van der Waals surface area contributed by atoms with Gasteiger partial charge in [0.15, 0.2) is 0 Å². The third-order valence-electron chi connectivity index (χ3n) is 1.48. The van der Waals surface area contributed by atoms with Crippen LogP contribution in [0.15, 0.2) is 24.3 Å². The van der Waals surface area contributed by atoms with E-state index < -0.39 is 0 Å². The van der Waals surface area contributed by atoms with Gasteiger partial charge in [0.1, 0.15) is 0 Å². The summed E-state index contributed by atoms with van der Waals surface area (Å²) < 4.78 is 0. The van der Waals surface area contributed by atoms with E-state index in [1.807, 2.05) is 13.0 Å². The van der Waals surface area contributed by atoms with E-state index in [2.05, 4.69) is 19.6 Å². The average molecular weight is 139 g/mol. The minimum atomic E-state index is 0.525. The normalized spacial score (nSPS) is 13.9. The highest BCUT2D eigenvalue weighted by Crippen LogP contribution is 2.03. The molecule has 10 heavy (non-hydrogen) atoms. The van der Waals surface area contributed by atoms with Gasteiger partial charge in [-0.05, 0) is 25.8 Å². The van der Waals surface area contributed by atoms with Crippen molar-refractivity contribution in [3.05, 3.63) is 24.3 Å². The van der Waals surface area contributed by atoms with Crippen LogP contribution in [-0.4, -0.2) is 6.54 Å². The summed E-state index contributed by atoms with van der Waals surface area (Å²) in [6.07, 6.45) is 5.27. The van der Waals surface area contributed by atoms with Crippen molar-refractivity contribution >= 4 is 0 Å². The van der Waals surface area contributed by atoms with Crippen LogP contribution < -0.4 is 5.73 Å². The highest BCUT2D eigenvalue weighted by atomic mass is 14.5. The molecule has 0 radical (unpaired) electrons. The summed E-state index contributed by atoms with van der Waals surface area (Å²) in [6, 6.07) is 0. The van der Waals surface area contributed by atoms with Crippen molar-refractivity contribution in [3.8, 4) is 0 Å². The van der Waals surface area contributed by atoms with Crippen molar-refractivity contribution in [3.63, 3.8) is 0 Å². The standard InChI is InChI=1S/C9H17N/c1-4-9(7-10)6-5-8(2)3/h5-6,9H,2,4,7,10H2,1,3H3/b6-5-. The highest BCUT2D eigenvalue weighted by Gasteiger charge is 1.95. The summed E-state index contributed by atoms with van der Waals surface area (Å²) in [6.45, 7) is 8.63. The second-order valence-corrected chi connectivity index (χ2v) is 2.61. The first-order chi connectivity index (χ1) is 4.70. The van der Waals surface area contributed by atoms with Gasteiger partial charge in [0, 0.05) is 0 Å². The molecule has 1 atom stereocenters. The molecule has 0 aliphatic heterocycles. The van der Waals surface area contributed by atoms with E-state index in [0.29, 0.717) is 5.92 Å². The lowest BCUT2D eigenvalue weighted by molar-refractivity contribution is 0.639. The van der Waals surface area contributed by atoms with Crippen molar-refractivity contribution < 1.29 is 0 Å². The van der Waals surface area contributed by atoms with E-state index in [4.69, 9.17) is 5.73 Å². The third kappa shape index (κ3) is 4.33. The maximum atomic E-state index is 5.49. The fourth-order valence-electron chi connectivity index (χ4n) is 0.682. The molecule has 1 nitrogen and oxygen atoms in total. The lowest BCUT2D eigenvalue weighted by Crippen LogP contribution is -2.10. The Morgan fingerprint density at radius 2 is 2.30 bits per heavy atom. The summed E-state index contributed by atoms with van der Waals surface area (Å²) in [5, 5.41) is 0. The minimum absolute atomic E-state index is 0.525. The first kappa shape index (κ1) is 9.44. The van der Waals surface area contributed by atoms with Crippen LogP contribution in [0.5, 0.6) is 0 Å². The van der Waals surface area contributed by atoms with Gasteiger partial charge in [-0.1, -0.05) is 31.2 Å². The third-order valence-corrected chi connectivity index (χ3v) is 1.48. The van der Waals surface area contributed by atoms with E-state index in [9.17, 15) is 0 Å². The molecule has 0 spiro atoms. The molecule has 0 aliphatic rings. The molecule has 0 saturated carbocycles. The molecule has 0 saturated heterocycles. The molecule has 0 aromatic carbocycles. The average Bonchev–Trinajstić information content (AvgIpc) is 1.90. The molecular formula is C9H17N. The van der Waals surface area contributed by atoms with Crippen molar-refractivity contribution in [2.24, 2.45) is 11.7 Å². The van der Waals surface area contributed by atoms with Crippen molar-refractivity contribution in [1.29, 1.82) is 0 Å². The smallest absolute Gasteiger partial charge is 0.00142 e. The first-order valence-electron chi connectivity index (χ1n) is 3.74. The van der Waals surface area contributed by atoms with Crippen molar-refractivity contribution in [1.82, 2.24) is 0 Å². The van der Waals surface area contributed by atoms with Gasteiger partial charge in [0.25, 0.3) is 0 Å². The van der Waals surface area contributed by atoms with E-state index >= 15 is 0 Å². The Morgan fingerprint density at radius 3 is 2.60 bits per heavy atom. The molecule has 0 aromatic rings. The number of hydrogen-bond acceptors (Lipinski definition) is 1. The molecule has 2 N–H and O–H groups in total. The van der Waals surface area contributed by atoms with Crippen LogP contribution in [0.25, 0.3) is 0 Å². The molecule has 0 aromatic heterocycles. The van der Waals surface area contributed by atoms with Crippen LogP contribution in [0.3, 0.4) is 0 Å². The number of hydrogen-bond donors (Lipinski definition) is 1. The fourth-order valence-corrected chi connectivity index (χ4v) is 0.682. The summed E-state index contributed by atoms with van der Waals surface area (Å²) in [5.41, 5.74) is 6.58. The Hall–Kier alpha value is -0.560. The maximum absolute atomic E-state index is 5.49. The maximum Gasteiger partial charge on any atom is -0.00142 e. The molecule has 0 fully saturated rings. The molecule has 1 heteroatoms. The van der Waals surface area contributed by atoms with Crippen LogP contribution in [0, 0.1) is 5.92 Å². The molecule has 1 unspecified atom stereocenters. The zero-order valence-corrected chi connectivity index (χ0v) is 6.93. The van der Waals surface area contributed by atoms with E-state index in [1.54, 1.807) is 0 Å². The van der Waals surface area contributed by atoms with Crippen LogP contribution >= 0.6 is 0 Å². The fraction of sp³-hybridized carbons (Fsp3) is 0.556. The number of allylic oxidation sites excluding steroid dienone is 2. The Kier molecular flexibility index (Phi) is 4.95.